The number of halogens is 3. The Morgan fingerprint density at radius 3 is 2.52 bits per heavy atom. The fraction of sp³-hybridized carbons (Fsp3) is 0.294. The Balaban J connectivity index is 1.90. The zero-order valence-electron chi connectivity index (χ0n) is 14.1. The van der Waals surface area contributed by atoms with Crippen molar-refractivity contribution in [3.05, 3.63) is 40.3 Å². The maximum atomic E-state index is 12.8. The zero-order chi connectivity index (χ0) is 19.6. The first-order valence-corrected chi connectivity index (χ1v) is 9.89. The Labute approximate surface area is 161 Å². The summed E-state index contributed by atoms with van der Waals surface area (Å²) in [5.74, 6) is -2.68. The highest BCUT2D eigenvalue weighted by molar-refractivity contribution is 7.98. The first-order valence-electron chi connectivity index (χ1n) is 7.85. The van der Waals surface area contributed by atoms with Gasteiger partial charge in [-0.05, 0) is 42.5 Å². The molecule has 1 aliphatic rings. The van der Waals surface area contributed by atoms with Gasteiger partial charge in [0.2, 0.25) is 0 Å². The standard InChI is InChI=1S/C17H15F3N2O3S2/c1-26-10-4-2-9(3-5-10)21-14(23)13-11-6-7-25-8-12(11)27-15(13)22-16(24)17(18,19)20/h2-5H,6-8H2,1H3,(H,21,23)(H,22,24). The van der Waals surface area contributed by atoms with Crippen LogP contribution >= 0.6 is 23.1 Å². The van der Waals surface area contributed by atoms with Crippen LogP contribution in [0.3, 0.4) is 0 Å². The van der Waals surface area contributed by atoms with Crippen molar-refractivity contribution in [3.63, 3.8) is 0 Å². The van der Waals surface area contributed by atoms with E-state index in [1.807, 2.05) is 23.7 Å². The first-order chi connectivity index (χ1) is 12.8. The Kier molecular flexibility index (Phi) is 5.78. The number of thioether (sulfide) groups is 1. The molecule has 0 bridgehead atoms. The van der Waals surface area contributed by atoms with E-state index in [1.165, 1.54) is 0 Å². The number of rotatable bonds is 4. The molecule has 10 heteroatoms. The van der Waals surface area contributed by atoms with E-state index in [2.05, 4.69) is 5.32 Å². The Hall–Kier alpha value is -2.04. The van der Waals surface area contributed by atoms with E-state index in [9.17, 15) is 22.8 Å². The van der Waals surface area contributed by atoms with Gasteiger partial charge < -0.3 is 15.4 Å². The second-order valence-electron chi connectivity index (χ2n) is 5.65. The predicted molar refractivity (Wildman–Crippen MR) is 98.5 cm³/mol. The molecule has 0 saturated carbocycles. The maximum absolute atomic E-state index is 12.8. The number of alkyl halides is 3. The fourth-order valence-corrected chi connectivity index (χ4v) is 4.19. The molecule has 2 amide bonds. The van der Waals surface area contributed by atoms with Crippen molar-refractivity contribution in [2.75, 3.05) is 23.5 Å². The van der Waals surface area contributed by atoms with Gasteiger partial charge in [0.05, 0.1) is 18.8 Å². The molecule has 1 aliphatic heterocycles. The number of nitrogens with one attached hydrogen (secondary N) is 2. The van der Waals surface area contributed by atoms with Gasteiger partial charge in [-0.2, -0.15) is 13.2 Å². The van der Waals surface area contributed by atoms with E-state index in [0.717, 1.165) is 16.2 Å². The van der Waals surface area contributed by atoms with Crippen molar-refractivity contribution >= 4 is 45.6 Å². The van der Waals surface area contributed by atoms with Gasteiger partial charge in [0.1, 0.15) is 5.00 Å². The molecule has 2 heterocycles. The van der Waals surface area contributed by atoms with Gasteiger partial charge in [0, 0.05) is 15.5 Å². The molecule has 1 aromatic heterocycles. The van der Waals surface area contributed by atoms with E-state index in [1.54, 1.807) is 23.9 Å². The van der Waals surface area contributed by atoms with Crippen LogP contribution in [-0.4, -0.2) is 30.9 Å². The number of hydrogen-bond acceptors (Lipinski definition) is 5. The average Bonchev–Trinajstić information content (AvgIpc) is 2.99. The summed E-state index contributed by atoms with van der Waals surface area (Å²) in [4.78, 5) is 25.8. The van der Waals surface area contributed by atoms with Crippen LogP contribution < -0.4 is 10.6 Å². The third-order valence-electron chi connectivity index (χ3n) is 3.88. The minimum Gasteiger partial charge on any atom is -0.376 e. The van der Waals surface area contributed by atoms with Crippen LogP contribution in [0.25, 0.3) is 0 Å². The third kappa shape index (κ3) is 4.45. The van der Waals surface area contributed by atoms with E-state index in [-0.39, 0.29) is 17.2 Å². The van der Waals surface area contributed by atoms with E-state index in [0.29, 0.717) is 29.2 Å². The number of carbonyl (C=O) groups excluding carboxylic acids is 2. The van der Waals surface area contributed by atoms with Crippen molar-refractivity contribution in [1.82, 2.24) is 0 Å². The molecule has 0 fully saturated rings. The van der Waals surface area contributed by atoms with Crippen LogP contribution in [0.5, 0.6) is 0 Å². The lowest BCUT2D eigenvalue weighted by Gasteiger charge is -2.14. The molecular weight excluding hydrogens is 401 g/mol. The normalized spacial score (nSPS) is 13.8. The van der Waals surface area contributed by atoms with Gasteiger partial charge >= 0.3 is 12.1 Å². The molecule has 0 unspecified atom stereocenters. The van der Waals surface area contributed by atoms with Crippen LogP contribution in [0.15, 0.2) is 29.2 Å². The largest absolute Gasteiger partial charge is 0.471 e. The second kappa shape index (κ2) is 7.91. The van der Waals surface area contributed by atoms with Crippen molar-refractivity contribution in [2.24, 2.45) is 0 Å². The van der Waals surface area contributed by atoms with Gasteiger partial charge in [-0.25, -0.2) is 0 Å². The smallest absolute Gasteiger partial charge is 0.376 e. The van der Waals surface area contributed by atoms with Crippen molar-refractivity contribution in [2.45, 2.75) is 24.1 Å². The third-order valence-corrected chi connectivity index (χ3v) is 5.74. The molecule has 0 aliphatic carbocycles. The van der Waals surface area contributed by atoms with Crippen LogP contribution in [-0.2, 0) is 22.6 Å². The number of amides is 2. The predicted octanol–water partition coefficient (Wildman–Crippen LogP) is 4.30. The van der Waals surface area contributed by atoms with Gasteiger partial charge in [-0.3, -0.25) is 9.59 Å². The summed E-state index contributed by atoms with van der Waals surface area (Å²) in [7, 11) is 0. The van der Waals surface area contributed by atoms with E-state index >= 15 is 0 Å². The summed E-state index contributed by atoms with van der Waals surface area (Å²) in [6.07, 6.45) is -2.73. The molecule has 0 saturated heterocycles. The SMILES string of the molecule is CSc1ccc(NC(=O)c2c(NC(=O)C(F)(F)F)sc3c2CCOC3)cc1. The highest BCUT2D eigenvalue weighted by atomic mass is 32.2. The zero-order valence-corrected chi connectivity index (χ0v) is 15.7. The quantitative estimate of drug-likeness (QED) is 0.730. The van der Waals surface area contributed by atoms with Gasteiger partial charge in [-0.1, -0.05) is 0 Å². The minimum atomic E-state index is -5.04. The van der Waals surface area contributed by atoms with Crippen molar-refractivity contribution in [3.8, 4) is 0 Å². The lowest BCUT2D eigenvalue weighted by Crippen LogP contribution is -2.30. The highest BCUT2D eigenvalue weighted by Gasteiger charge is 2.40. The molecule has 144 valence electrons. The summed E-state index contributed by atoms with van der Waals surface area (Å²) >= 11 is 2.48. The maximum Gasteiger partial charge on any atom is 0.471 e. The molecular formula is C17H15F3N2O3S2. The number of fused-ring (bicyclic) bond motifs is 1. The molecule has 1 aromatic carbocycles. The number of benzene rings is 1. The number of carbonyl (C=O) groups is 2. The molecule has 2 N–H and O–H groups in total. The fourth-order valence-electron chi connectivity index (χ4n) is 2.60. The average molecular weight is 416 g/mol. The molecule has 0 radical (unpaired) electrons. The topological polar surface area (TPSA) is 67.4 Å². The monoisotopic (exact) mass is 416 g/mol. The molecule has 3 rings (SSSR count). The van der Waals surface area contributed by atoms with Gasteiger partial charge in [-0.15, -0.1) is 23.1 Å². The Bertz CT molecular complexity index is 864. The minimum absolute atomic E-state index is 0.0600. The van der Waals surface area contributed by atoms with Crippen LogP contribution in [0.4, 0.5) is 23.9 Å². The number of anilines is 2. The van der Waals surface area contributed by atoms with Crippen molar-refractivity contribution < 1.29 is 27.5 Å². The number of thiophene rings is 1. The lowest BCUT2D eigenvalue weighted by atomic mass is 10.0. The Morgan fingerprint density at radius 1 is 1.19 bits per heavy atom. The summed E-state index contributed by atoms with van der Waals surface area (Å²) in [6.45, 7) is 0.559. The van der Waals surface area contributed by atoms with Crippen LogP contribution in [0.1, 0.15) is 20.8 Å². The van der Waals surface area contributed by atoms with Crippen LogP contribution in [0.2, 0.25) is 0 Å². The number of ether oxygens (including phenoxy) is 1. The summed E-state index contributed by atoms with van der Waals surface area (Å²) in [5, 5.41) is 4.39. The molecule has 0 atom stereocenters. The first kappa shape index (κ1) is 19.7. The van der Waals surface area contributed by atoms with Gasteiger partial charge in [0.25, 0.3) is 5.91 Å². The lowest BCUT2D eigenvalue weighted by molar-refractivity contribution is -0.167. The second-order valence-corrected chi connectivity index (χ2v) is 7.63. The molecule has 5 nitrogen and oxygen atoms in total. The number of hydrogen-bond donors (Lipinski definition) is 2. The Morgan fingerprint density at radius 2 is 1.89 bits per heavy atom. The molecule has 0 spiro atoms. The van der Waals surface area contributed by atoms with E-state index in [4.69, 9.17) is 4.74 Å². The van der Waals surface area contributed by atoms with E-state index < -0.39 is 18.0 Å². The summed E-state index contributed by atoms with van der Waals surface area (Å²) in [6, 6.07) is 7.06. The summed E-state index contributed by atoms with van der Waals surface area (Å²) in [5.41, 5.74) is 1.18. The molecule has 27 heavy (non-hydrogen) atoms. The molecule has 2 aromatic rings. The van der Waals surface area contributed by atoms with Crippen molar-refractivity contribution in [1.29, 1.82) is 0 Å². The van der Waals surface area contributed by atoms with Gasteiger partial charge in [0.15, 0.2) is 0 Å². The summed E-state index contributed by atoms with van der Waals surface area (Å²) < 4.78 is 43.2. The highest BCUT2D eigenvalue weighted by Crippen LogP contribution is 2.37. The van der Waals surface area contributed by atoms with Crippen LogP contribution in [0, 0.1) is 0 Å².